The SMILES string of the molecule is CC(C)c1cc(C(=O)N2CCCC(CO)(CCCc3ccccc3)C2)on1. The first-order valence-electron chi connectivity index (χ1n) is 9.94. The Balaban J connectivity index is 1.62. The maximum absolute atomic E-state index is 12.8. The minimum Gasteiger partial charge on any atom is -0.396 e. The van der Waals surface area contributed by atoms with Crippen LogP contribution in [-0.4, -0.2) is 40.8 Å². The number of aryl methyl sites for hydroxylation is 1. The van der Waals surface area contributed by atoms with Gasteiger partial charge in [0, 0.05) is 24.6 Å². The Morgan fingerprint density at radius 3 is 2.78 bits per heavy atom. The van der Waals surface area contributed by atoms with Gasteiger partial charge in [-0.15, -0.1) is 0 Å². The lowest BCUT2D eigenvalue weighted by Crippen LogP contribution is -2.47. The first kappa shape index (κ1) is 19.6. The van der Waals surface area contributed by atoms with Crippen molar-refractivity contribution in [1.29, 1.82) is 0 Å². The molecule has 1 aliphatic heterocycles. The third kappa shape index (κ3) is 4.78. The first-order valence-corrected chi connectivity index (χ1v) is 9.94. The molecule has 1 aromatic heterocycles. The van der Waals surface area contributed by atoms with Gasteiger partial charge in [-0.05, 0) is 43.6 Å². The standard InChI is InChI=1S/C22H30N2O3/c1-17(2)19-14-20(27-23-19)21(26)24-13-7-12-22(15-24,16-25)11-6-10-18-8-4-3-5-9-18/h3-5,8-9,14,17,25H,6-7,10-13,15-16H2,1-2H3. The maximum atomic E-state index is 12.8. The van der Waals surface area contributed by atoms with E-state index in [0.29, 0.717) is 18.8 Å². The number of hydrogen-bond acceptors (Lipinski definition) is 4. The van der Waals surface area contributed by atoms with Gasteiger partial charge in [0.1, 0.15) is 0 Å². The van der Waals surface area contributed by atoms with E-state index < -0.39 is 0 Å². The summed E-state index contributed by atoms with van der Waals surface area (Å²) in [5.74, 6) is 0.415. The average molecular weight is 370 g/mol. The van der Waals surface area contributed by atoms with Crippen molar-refractivity contribution in [1.82, 2.24) is 10.1 Å². The Labute approximate surface area is 161 Å². The highest BCUT2D eigenvalue weighted by atomic mass is 16.5. The number of benzene rings is 1. The monoisotopic (exact) mass is 370 g/mol. The Morgan fingerprint density at radius 1 is 1.33 bits per heavy atom. The quantitative estimate of drug-likeness (QED) is 0.799. The highest BCUT2D eigenvalue weighted by molar-refractivity contribution is 5.91. The average Bonchev–Trinajstić information content (AvgIpc) is 3.19. The van der Waals surface area contributed by atoms with Gasteiger partial charge in [-0.3, -0.25) is 4.79 Å². The van der Waals surface area contributed by atoms with Gasteiger partial charge in [-0.1, -0.05) is 49.3 Å². The molecule has 146 valence electrons. The van der Waals surface area contributed by atoms with Crippen LogP contribution in [0.3, 0.4) is 0 Å². The van der Waals surface area contributed by atoms with Crippen LogP contribution in [-0.2, 0) is 6.42 Å². The molecule has 5 heteroatoms. The molecule has 0 radical (unpaired) electrons. The molecule has 5 nitrogen and oxygen atoms in total. The fourth-order valence-corrected chi connectivity index (χ4v) is 3.92. The number of amides is 1. The molecule has 1 saturated heterocycles. The lowest BCUT2D eigenvalue weighted by Gasteiger charge is -2.41. The summed E-state index contributed by atoms with van der Waals surface area (Å²) in [6, 6.07) is 12.2. The van der Waals surface area contributed by atoms with Gasteiger partial charge in [0.15, 0.2) is 0 Å². The summed E-state index contributed by atoms with van der Waals surface area (Å²) in [4.78, 5) is 14.7. The van der Waals surface area contributed by atoms with Crippen LogP contribution in [0.4, 0.5) is 0 Å². The highest BCUT2D eigenvalue weighted by Gasteiger charge is 2.37. The molecule has 0 spiro atoms. The normalized spacial score (nSPS) is 20.2. The number of aromatic nitrogens is 1. The number of nitrogens with zero attached hydrogens (tertiary/aromatic N) is 2. The van der Waals surface area contributed by atoms with Crippen molar-refractivity contribution in [2.24, 2.45) is 5.41 Å². The van der Waals surface area contributed by atoms with E-state index >= 15 is 0 Å². The van der Waals surface area contributed by atoms with Crippen molar-refractivity contribution >= 4 is 5.91 Å². The van der Waals surface area contributed by atoms with Crippen molar-refractivity contribution in [3.8, 4) is 0 Å². The molecule has 1 aliphatic rings. The van der Waals surface area contributed by atoms with Gasteiger partial charge < -0.3 is 14.5 Å². The third-order valence-corrected chi connectivity index (χ3v) is 5.63. The number of likely N-dealkylation sites (tertiary alicyclic amines) is 1. The van der Waals surface area contributed by atoms with E-state index in [1.165, 1.54) is 5.56 Å². The summed E-state index contributed by atoms with van der Waals surface area (Å²) < 4.78 is 5.28. The molecule has 1 fully saturated rings. The van der Waals surface area contributed by atoms with E-state index in [9.17, 15) is 9.90 Å². The number of piperidine rings is 1. The number of rotatable bonds is 7. The first-order chi connectivity index (χ1) is 13.0. The zero-order valence-electron chi connectivity index (χ0n) is 16.4. The smallest absolute Gasteiger partial charge is 0.292 e. The lowest BCUT2D eigenvalue weighted by molar-refractivity contribution is 0.0194. The van der Waals surface area contributed by atoms with Crippen molar-refractivity contribution in [3.63, 3.8) is 0 Å². The Hall–Kier alpha value is -2.14. The number of aliphatic hydroxyl groups excluding tert-OH is 1. The van der Waals surface area contributed by atoms with Crippen LogP contribution in [0.5, 0.6) is 0 Å². The Morgan fingerprint density at radius 2 is 2.11 bits per heavy atom. The van der Waals surface area contributed by atoms with E-state index in [2.05, 4.69) is 29.4 Å². The Bertz CT molecular complexity index is 741. The van der Waals surface area contributed by atoms with Crippen LogP contribution in [0.15, 0.2) is 40.9 Å². The van der Waals surface area contributed by atoms with Crippen LogP contribution in [0.1, 0.15) is 67.3 Å². The summed E-state index contributed by atoms with van der Waals surface area (Å²) >= 11 is 0. The largest absolute Gasteiger partial charge is 0.396 e. The fourth-order valence-electron chi connectivity index (χ4n) is 3.92. The second-order valence-corrected chi connectivity index (χ2v) is 8.10. The van der Waals surface area contributed by atoms with E-state index in [4.69, 9.17) is 4.52 Å². The molecule has 0 saturated carbocycles. The topological polar surface area (TPSA) is 66.6 Å². The highest BCUT2D eigenvalue weighted by Crippen LogP contribution is 2.35. The maximum Gasteiger partial charge on any atom is 0.292 e. The number of hydrogen-bond donors (Lipinski definition) is 1. The predicted molar refractivity (Wildman–Crippen MR) is 105 cm³/mol. The number of carbonyl (C=O) groups is 1. The molecule has 3 rings (SSSR count). The molecule has 2 heterocycles. The summed E-state index contributed by atoms with van der Waals surface area (Å²) in [5.41, 5.74) is 1.90. The molecular weight excluding hydrogens is 340 g/mol. The van der Waals surface area contributed by atoms with Gasteiger partial charge in [0.25, 0.3) is 5.91 Å². The summed E-state index contributed by atoms with van der Waals surface area (Å²) in [7, 11) is 0. The van der Waals surface area contributed by atoms with Crippen LogP contribution in [0, 0.1) is 5.41 Å². The van der Waals surface area contributed by atoms with Crippen LogP contribution >= 0.6 is 0 Å². The van der Waals surface area contributed by atoms with Crippen LogP contribution in [0.25, 0.3) is 0 Å². The Kier molecular flexibility index (Phi) is 6.32. The van der Waals surface area contributed by atoms with Gasteiger partial charge in [-0.2, -0.15) is 0 Å². The van der Waals surface area contributed by atoms with Gasteiger partial charge >= 0.3 is 0 Å². The minimum absolute atomic E-state index is 0.110. The zero-order chi connectivity index (χ0) is 19.3. The third-order valence-electron chi connectivity index (χ3n) is 5.63. The molecule has 1 N–H and O–H groups in total. The van der Waals surface area contributed by atoms with E-state index in [-0.39, 0.29) is 23.8 Å². The second kappa shape index (κ2) is 8.70. The van der Waals surface area contributed by atoms with Crippen LogP contribution < -0.4 is 0 Å². The number of carbonyl (C=O) groups excluding carboxylic acids is 1. The van der Waals surface area contributed by atoms with Crippen LogP contribution in [0.2, 0.25) is 0 Å². The molecule has 1 amide bonds. The van der Waals surface area contributed by atoms with Gasteiger partial charge in [0.2, 0.25) is 5.76 Å². The predicted octanol–water partition coefficient (Wildman–Crippen LogP) is 4.04. The van der Waals surface area contributed by atoms with E-state index in [0.717, 1.165) is 37.8 Å². The van der Waals surface area contributed by atoms with Crippen molar-refractivity contribution in [2.45, 2.75) is 51.9 Å². The van der Waals surface area contributed by atoms with Crippen molar-refractivity contribution < 1.29 is 14.4 Å². The second-order valence-electron chi connectivity index (χ2n) is 8.10. The molecule has 0 aliphatic carbocycles. The van der Waals surface area contributed by atoms with E-state index in [1.807, 2.05) is 24.8 Å². The summed E-state index contributed by atoms with van der Waals surface area (Å²) in [5, 5.41) is 14.1. The number of aliphatic hydroxyl groups is 1. The summed E-state index contributed by atoms with van der Waals surface area (Å²) in [6.45, 7) is 5.44. The molecule has 1 unspecified atom stereocenters. The minimum atomic E-state index is -0.219. The fraction of sp³-hybridized carbons (Fsp3) is 0.545. The molecule has 1 atom stereocenters. The molecule has 27 heavy (non-hydrogen) atoms. The molecular formula is C22H30N2O3. The van der Waals surface area contributed by atoms with Crippen molar-refractivity contribution in [2.75, 3.05) is 19.7 Å². The van der Waals surface area contributed by atoms with Gasteiger partial charge in [-0.25, -0.2) is 0 Å². The lowest BCUT2D eigenvalue weighted by atomic mass is 9.76. The summed E-state index contributed by atoms with van der Waals surface area (Å²) in [6.07, 6.45) is 4.77. The van der Waals surface area contributed by atoms with E-state index in [1.54, 1.807) is 6.07 Å². The van der Waals surface area contributed by atoms with Gasteiger partial charge in [0.05, 0.1) is 12.3 Å². The zero-order valence-corrected chi connectivity index (χ0v) is 16.4. The van der Waals surface area contributed by atoms with Crippen molar-refractivity contribution in [3.05, 3.63) is 53.4 Å². The molecule has 0 bridgehead atoms. The molecule has 1 aromatic carbocycles. The molecule has 2 aromatic rings.